The van der Waals surface area contributed by atoms with Crippen LogP contribution in [0.3, 0.4) is 0 Å². The largest absolute Gasteiger partial charge is 0.490 e. The molecule has 3 fully saturated rings. The molecule has 0 bridgehead atoms. The molecule has 4 aliphatic rings. The van der Waals surface area contributed by atoms with Gasteiger partial charge in [0.05, 0.1) is 18.5 Å². The van der Waals surface area contributed by atoms with E-state index < -0.39 is 224 Å². The number of anilines is 1. The molecule has 2 aromatic heterocycles. The van der Waals surface area contributed by atoms with E-state index in [4.69, 9.17) is 93.5 Å². The first-order valence-electron chi connectivity index (χ1n) is 25.6. The predicted octanol–water partition coefficient (Wildman–Crippen LogP) is 0.760. The van der Waals surface area contributed by atoms with Crippen LogP contribution in [-0.4, -0.2) is 199 Å². The van der Waals surface area contributed by atoms with Gasteiger partial charge in [0.1, 0.15) is 88.3 Å². The molecule has 1 amide bonds. The van der Waals surface area contributed by atoms with Crippen molar-refractivity contribution >= 4 is 117 Å². The molecule has 0 radical (unpaired) electrons. The summed E-state index contributed by atoms with van der Waals surface area (Å²) in [5.41, 5.74) is -3.30. The van der Waals surface area contributed by atoms with E-state index in [1.54, 1.807) is 4.98 Å². The molecule has 4 aliphatic heterocycles. The molecular weight excluding hydrogens is 1670 g/mol. The highest BCUT2D eigenvalue weighted by atomic mass is 35.5. The van der Waals surface area contributed by atoms with Crippen molar-refractivity contribution in [3.8, 4) is 0 Å². The number of ether oxygens (including phenoxy) is 3. The molecule has 0 aliphatic carbocycles. The third kappa shape index (κ3) is 23.3. The van der Waals surface area contributed by atoms with Gasteiger partial charge in [0.2, 0.25) is 11.6 Å². The third-order valence-electron chi connectivity index (χ3n) is 12.8. The van der Waals surface area contributed by atoms with E-state index >= 15 is 0 Å². The molecule has 19 atom stereocenters. The van der Waals surface area contributed by atoms with Crippen molar-refractivity contribution in [1.82, 2.24) is 29.3 Å². The predicted molar refractivity (Wildman–Crippen MR) is 313 cm³/mol. The first-order chi connectivity index (χ1) is 45.1. The number of H-pyrrole nitrogens is 1. The molecule has 3 saturated heterocycles. The number of halogens is 9. The normalized spacial score (nSPS) is 30.7. The summed E-state index contributed by atoms with van der Waals surface area (Å²) in [6, 6.07) is 0. The van der Waals surface area contributed by atoms with Crippen molar-refractivity contribution in [3.63, 3.8) is 0 Å². The zero-order valence-electron chi connectivity index (χ0n) is 50.0. The number of carbonyl (C=O) groups excluding carboxylic acids is 1. The Morgan fingerprint density at radius 3 is 1.37 bits per heavy atom. The lowest BCUT2D eigenvalue weighted by Crippen LogP contribution is -2.54. The number of aromatic nitrogens is 4. The van der Waals surface area contributed by atoms with Crippen molar-refractivity contribution < 1.29 is 200 Å². The summed E-state index contributed by atoms with van der Waals surface area (Å²) in [5, 5.41) is 33.7. The molecule has 2 aromatic rings. The van der Waals surface area contributed by atoms with Crippen molar-refractivity contribution in [2.75, 3.05) is 25.8 Å². The highest BCUT2D eigenvalue weighted by Gasteiger charge is 2.65. The van der Waals surface area contributed by atoms with Crippen LogP contribution in [0.15, 0.2) is 51.2 Å². The minimum Gasteiger partial charge on any atom is -0.388 e. The maximum absolute atomic E-state index is 14.0. The molecule has 6 heterocycles. The SMILES string of the molecule is C=C1NC(=O)C(F)=CN1[C@@H]1O[C@H](C(C)(C)OP(=O)(O)OP(=O)(O)OP(=O)(O)O)[C@H](O)C1(Cl)CF.CC(C)(OP(=O)(O)OP(=O)(O)OP(=O)(O)O)[C@H]1O[C@@H](n2cc(F)c(N)nc2=O)C(Cl)(CF)[C@H]1O.C[C@@H](OP(=O)(O)OP(=O)(O)OP(=O)(O)O)[C@H]1O[C@@H](n2cc(F)c(=O)[nH]c2=O)C(Cl)(CF)[C@H]1O. The highest BCUT2D eigenvalue weighted by molar-refractivity contribution is 7.68. The number of carbonyl (C=O) groups is 1. The number of nitrogens with two attached hydrogens (primary N) is 1. The summed E-state index contributed by atoms with van der Waals surface area (Å²) < 4.78 is 238. The maximum atomic E-state index is 14.0. The van der Waals surface area contributed by atoms with Gasteiger partial charge in [0.15, 0.2) is 30.3 Å². The van der Waals surface area contributed by atoms with Gasteiger partial charge in [0, 0.05) is 6.20 Å². The number of amides is 1. The summed E-state index contributed by atoms with van der Waals surface area (Å²) in [4.78, 5) is 153. The van der Waals surface area contributed by atoms with Crippen LogP contribution in [0, 0.1) is 11.6 Å². The molecule has 47 nitrogen and oxygen atoms in total. The summed E-state index contributed by atoms with van der Waals surface area (Å²) in [5.74, 6) is -6.39. The van der Waals surface area contributed by atoms with Crippen LogP contribution in [0.2, 0.25) is 0 Å². The Morgan fingerprint density at radius 2 is 0.960 bits per heavy atom. The summed E-state index contributed by atoms with van der Waals surface area (Å²) in [6.07, 6.45) is -18.2. The first-order valence-corrected chi connectivity index (χ1v) is 40.3. The Morgan fingerprint density at radius 1 is 0.594 bits per heavy atom. The van der Waals surface area contributed by atoms with E-state index in [-0.39, 0.29) is 5.82 Å². The van der Waals surface area contributed by atoms with Crippen molar-refractivity contribution in [2.45, 2.75) is 122 Å². The van der Waals surface area contributed by atoms with Crippen LogP contribution >= 0.6 is 105 Å². The van der Waals surface area contributed by atoms with Gasteiger partial charge >= 0.3 is 81.8 Å². The van der Waals surface area contributed by atoms with Gasteiger partial charge in [-0.1, -0.05) is 6.58 Å². The number of aliphatic hydroxyl groups excluding tert-OH is 3. The van der Waals surface area contributed by atoms with Crippen LogP contribution in [-0.2, 0) is 99.5 Å². The number of nitrogen functional groups attached to an aromatic ring is 1. The third-order valence-corrected chi connectivity index (χ3v) is 26.3. The second-order valence-corrected chi connectivity index (χ2v) is 36.5. The number of hydrogen-bond donors (Lipinski definition) is 18. The lowest BCUT2D eigenvalue weighted by Gasteiger charge is -2.37. The topological polar surface area (TPSA) is 716 Å². The molecule has 6 rings (SSSR count). The Balaban J connectivity index is 0.000000321. The molecule has 9 unspecified atom stereocenters. The van der Waals surface area contributed by atoms with E-state index in [0.717, 1.165) is 39.5 Å². The van der Waals surface area contributed by atoms with Crippen LogP contribution in [0.1, 0.15) is 47.1 Å². The molecule has 19 N–H and O–H groups in total. The van der Waals surface area contributed by atoms with E-state index in [0.29, 0.717) is 27.7 Å². The second kappa shape index (κ2) is 32.0. The lowest BCUT2D eigenvalue weighted by molar-refractivity contribution is -0.129. The van der Waals surface area contributed by atoms with Gasteiger partial charge in [-0.25, -0.2) is 68.2 Å². The van der Waals surface area contributed by atoms with Crippen LogP contribution in [0.5, 0.6) is 0 Å². The highest BCUT2D eigenvalue weighted by Crippen LogP contribution is 2.70. The molecule has 0 aromatic carbocycles. The maximum Gasteiger partial charge on any atom is 0.490 e. The zero-order valence-corrected chi connectivity index (χ0v) is 60.4. The molecule has 0 saturated carbocycles. The second-order valence-electron chi connectivity index (χ2n) is 21.4. The van der Waals surface area contributed by atoms with E-state index in [9.17, 15) is 126 Å². The number of phosphoric acid groups is 9. The fourth-order valence-electron chi connectivity index (χ4n) is 8.83. The number of aromatic amines is 1. The summed E-state index contributed by atoms with van der Waals surface area (Å²) in [7, 11) is -51.7. The molecule has 65 heteroatoms. The monoisotopic (exact) mass is 1720 g/mol. The lowest BCUT2D eigenvalue weighted by atomic mass is 9.91. The van der Waals surface area contributed by atoms with Crippen LogP contribution < -0.4 is 28.0 Å². The minimum atomic E-state index is -5.87. The van der Waals surface area contributed by atoms with Crippen molar-refractivity contribution in [2.24, 2.45) is 0 Å². The van der Waals surface area contributed by atoms with Crippen molar-refractivity contribution in [3.05, 3.63) is 79.8 Å². The number of aliphatic hydroxyl groups is 3. The number of phosphoric ester groups is 3. The Labute approximate surface area is 571 Å². The number of nitrogens with zero attached hydrogens (tertiary/aromatic N) is 4. The Hall–Kier alpha value is -2.45. The van der Waals surface area contributed by atoms with Gasteiger partial charge in [-0.3, -0.25) is 37.3 Å². The molecule has 582 valence electrons. The minimum absolute atomic E-state index is 0.296. The molecule has 0 spiro atoms. The van der Waals surface area contributed by atoms with Gasteiger partial charge in [-0.05, 0) is 34.6 Å². The number of nitrogens with one attached hydrogen (secondary N) is 2. The summed E-state index contributed by atoms with van der Waals surface area (Å²) in [6.45, 7) is 3.40. The zero-order chi connectivity index (χ0) is 78.6. The Bertz CT molecular complexity index is 4150. The fraction of sp³-hybridized carbons (Fsp3) is 0.639. The van der Waals surface area contributed by atoms with Crippen LogP contribution in [0.25, 0.3) is 0 Å². The number of alkyl halides is 6. The van der Waals surface area contributed by atoms with Gasteiger partial charge in [-0.15, -0.1) is 34.8 Å². The van der Waals surface area contributed by atoms with Gasteiger partial charge in [0.25, 0.3) is 11.5 Å². The Kier molecular flexibility index (Phi) is 28.8. The quantitative estimate of drug-likeness (QED) is 0.0333. The average Bonchev–Trinajstić information content (AvgIpc) is 1.61. The van der Waals surface area contributed by atoms with E-state index in [2.05, 4.69) is 46.5 Å². The van der Waals surface area contributed by atoms with Gasteiger partial charge in [-0.2, -0.15) is 39.6 Å². The average molecular weight is 1720 g/mol. The number of rotatable bonds is 27. The van der Waals surface area contributed by atoms with Gasteiger partial charge < -0.3 is 104 Å². The summed E-state index contributed by atoms with van der Waals surface area (Å²) >= 11 is 18.3. The smallest absolute Gasteiger partial charge is 0.388 e. The van der Waals surface area contributed by atoms with E-state index in [1.807, 2.05) is 5.32 Å². The fourth-order valence-corrected chi connectivity index (χ4v) is 19.5. The van der Waals surface area contributed by atoms with Crippen LogP contribution in [0.4, 0.5) is 32.2 Å². The number of hydrogen-bond acceptors (Lipinski definition) is 31. The standard InChI is InChI=1S/C13H20ClF2N2O13P3.C12H19ClF2N3O13P3.C11H16ClF2N2O14P3/c1-6-17-10(20)7(16)4-18(6)11-13(14,5-15)8(19)9(28-11)12(2,3)29-33(24,25)31-34(26,27)30-32(21,22)23;1-11(2,29-33(24,25)31-34(26,27)30-32(21,22)23)7-6(19)12(13,4-14)9(28-7)18-3-5(15)8(16)17-10(18)20;1-4(28-32(23,24)30-33(25,26)29-31(20,21)22)6-7(17)11(12,3-13)9(27-6)16-2-5(14)8(18)15-10(16)19/h4,8-9,11,19H,1,5H2,2-3H3,(H,17,20)(H,24,25)(H,26,27)(H2,21,22,23);3,6-7,9,19H,4H2,1-2H3,(H,24,25)(H,26,27)(H2,16,17,20)(H2,21,22,23);2,4,6-7,9,17H,3H2,1H3,(H,23,24)(H,25,26)(H,15,18,19)(H2,20,21,22)/t8-,9-,11+,13?;6-,7-,9+,12?;4-,6-,7+,9-,11?/m001/s1. The van der Waals surface area contributed by atoms with Crippen molar-refractivity contribution in [1.29, 1.82) is 0 Å². The molecule has 101 heavy (non-hydrogen) atoms. The molecular formula is C36H55Cl3F6N7O40P9. The van der Waals surface area contributed by atoms with E-state index in [1.165, 1.54) is 0 Å². The first kappa shape index (κ1) is 90.9.